The van der Waals surface area contributed by atoms with Gasteiger partial charge in [-0.3, -0.25) is 0 Å². The highest BCUT2D eigenvalue weighted by Gasteiger charge is 2.06. The van der Waals surface area contributed by atoms with Crippen molar-refractivity contribution in [2.24, 2.45) is 5.92 Å². The van der Waals surface area contributed by atoms with Crippen molar-refractivity contribution in [3.05, 3.63) is 29.8 Å². The van der Waals surface area contributed by atoms with Crippen LogP contribution >= 0.6 is 0 Å². The van der Waals surface area contributed by atoms with Crippen molar-refractivity contribution in [3.63, 3.8) is 0 Å². The van der Waals surface area contributed by atoms with Gasteiger partial charge >= 0.3 is 0 Å². The number of methoxy groups -OCH3 is 1. The monoisotopic (exact) mass is 207 g/mol. The average molecular weight is 207 g/mol. The first-order valence-corrected chi connectivity index (χ1v) is 5.60. The van der Waals surface area contributed by atoms with E-state index in [1.807, 2.05) is 12.1 Å². The number of rotatable bonds is 6. The first-order valence-electron chi connectivity index (χ1n) is 5.60. The van der Waals surface area contributed by atoms with Crippen LogP contribution in [-0.2, 0) is 6.42 Å². The maximum atomic E-state index is 5.33. The van der Waals surface area contributed by atoms with Crippen LogP contribution in [0, 0.1) is 5.92 Å². The van der Waals surface area contributed by atoms with Crippen LogP contribution < -0.4 is 10.1 Å². The van der Waals surface area contributed by atoms with E-state index in [1.54, 1.807) is 7.11 Å². The zero-order valence-corrected chi connectivity index (χ0v) is 9.92. The predicted octanol–water partition coefficient (Wildman–Crippen LogP) is 2.48. The molecule has 1 rings (SSSR count). The van der Waals surface area contributed by atoms with Crippen molar-refractivity contribution in [1.82, 2.24) is 5.32 Å². The molecule has 0 aliphatic carbocycles. The van der Waals surface area contributed by atoms with E-state index in [-0.39, 0.29) is 0 Å². The highest BCUT2D eigenvalue weighted by molar-refractivity contribution is 5.33. The molecule has 0 saturated carbocycles. The molecule has 84 valence electrons. The van der Waals surface area contributed by atoms with Gasteiger partial charge in [-0.25, -0.2) is 0 Å². The lowest BCUT2D eigenvalue weighted by Gasteiger charge is -2.14. The molecule has 0 spiro atoms. The van der Waals surface area contributed by atoms with Gasteiger partial charge in [-0.15, -0.1) is 0 Å². The molecule has 0 heterocycles. The lowest BCUT2D eigenvalue weighted by atomic mass is 10.0. The van der Waals surface area contributed by atoms with Crippen molar-refractivity contribution in [3.8, 4) is 5.75 Å². The second-order valence-corrected chi connectivity index (χ2v) is 3.93. The van der Waals surface area contributed by atoms with Crippen molar-refractivity contribution in [2.45, 2.75) is 20.3 Å². The normalized spacial score (nSPS) is 12.5. The molecule has 1 aromatic rings. The van der Waals surface area contributed by atoms with Gasteiger partial charge in [0.15, 0.2) is 0 Å². The van der Waals surface area contributed by atoms with Crippen LogP contribution in [0.5, 0.6) is 5.75 Å². The topological polar surface area (TPSA) is 21.3 Å². The van der Waals surface area contributed by atoms with E-state index in [2.05, 4.69) is 31.3 Å². The van der Waals surface area contributed by atoms with E-state index in [1.165, 1.54) is 5.56 Å². The zero-order valence-electron chi connectivity index (χ0n) is 9.92. The summed E-state index contributed by atoms with van der Waals surface area (Å²) >= 11 is 0. The summed E-state index contributed by atoms with van der Waals surface area (Å²) in [7, 11) is 1.73. The van der Waals surface area contributed by atoms with Crippen LogP contribution in [0.3, 0.4) is 0 Å². The number of nitrogens with one attached hydrogen (secondary N) is 1. The fraction of sp³-hybridized carbons (Fsp3) is 0.538. The average Bonchev–Trinajstić information content (AvgIpc) is 2.27. The Morgan fingerprint density at radius 3 is 2.73 bits per heavy atom. The highest BCUT2D eigenvalue weighted by atomic mass is 16.5. The molecule has 2 heteroatoms. The first-order chi connectivity index (χ1) is 7.27. The Hall–Kier alpha value is -1.02. The van der Waals surface area contributed by atoms with Crippen molar-refractivity contribution < 1.29 is 4.74 Å². The molecule has 0 saturated heterocycles. The summed E-state index contributed by atoms with van der Waals surface area (Å²) < 4.78 is 5.33. The molecule has 1 N–H and O–H groups in total. The lowest BCUT2D eigenvalue weighted by molar-refractivity contribution is 0.404. The molecule has 0 aromatic heterocycles. The fourth-order valence-corrected chi connectivity index (χ4v) is 1.71. The number of hydrogen-bond donors (Lipinski definition) is 1. The molecule has 0 aliphatic heterocycles. The summed E-state index contributed by atoms with van der Waals surface area (Å²) in [5, 5.41) is 3.36. The van der Waals surface area contributed by atoms with Crippen molar-refractivity contribution in [2.75, 3.05) is 20.2 Å². The molecular weight excluding hydrogens is 186 g/mol. The smallest absolute Gasteiger partial charge is 0.122 e. The Morgan fingerprint density at radius 2 is 2.07 bits per heavy atom. The Kier molecular flexibility index (Phi) is 5.19. The third-order valence-corrected chi connectivity index (χ3v) is 2.50. The fourth-order valence-electron chi connectivity index (χ4n) is 1.71. The van der Waals surface area contributed by atoms with E-state index in [4.69, 9.17) is 4.74 Å². The predicted molar refractivity (Wildman–Crippen MR) is 64.4 cm³/mol. The van der Waals surface area contributed by atoms with Gasteiger partial charge in [-0.1, -0.05) is 32.0 Å². The van der Waals surface area contributed by atoms with Gasteiger partial charge in [-0.05, 0) is 37.1 Å². The quantitative estimate of drug-likeness (QED) is 0.773. The van der Waals surface area contributed by atoms with Crippen molar-refractivity contribution in [1.29, 1.82) is 0 Å². The van der Waals surface area contributed by atoms with Crippen LogP contribution in [0.4, 0.5) is 0 Å². The maximum absolute atomic E-state index is 5.33. The summed E-state index contributed by atoms with van der Waals surface area (Å²) in [6, 6.07) is 8.24. The summed E-state index contributed by atoms with van der Waals surface area (Å²) in [6.07, 6.45) is 1.07. The number of hydrogen-bond acceptors (Lipinski definition) is 2. The molecule has 1 aromatic carbocycles. The Morgan fingerprint density at radius 1 is 1.33 bits per heavy atom. The third kappa shape index (κ3) is 3.92. The lowest BCUT2D eigenvalue weighted by Crippen LogP contribution is -2.22. The van der Waals surface area contributed by atoms with Gasteiger partial charge in [0.2, 0.25) is 0 Å². The molecule has 0 amide bonds. The standard InChI is InChI=1S/C13H21NO/c1-4-14-10-11(2)9-12-7-5-6-8-13(12)15-3/h5-8,11,14H,4,9-10H2,1-3H3. The number of ether oxygens (including phenoxy) is 1. The van der Waals surface area contributed by atoms with Crippen LogP contribution in [0.1, 0.15) is 19.4 Å². The van der Waals surface area contributed by atoms with E-state index < -0.39 is 0 Å². The Balaban J connectivity index is 2.55. The second-order valence-electron chi connectivity index (χ2n) is 3.93. The van der Waals surface area contributed by atoms with Gasteiger partial charge in [0.25, 0.3) is 0 Å². The molecule has 2 nitrogen and oxygen atoms in total. The molecule has 1 atom stereocenters. The third-order valence-electron chi connectivity index (χ3n) is 2.50. The van der Waals surface area contributed by atoms with E-state index in [9.17, 15) is 0 Å². The first kappa shape index (κ1) is 12.1. The summed E-state index contributed by atoms with van der Waals surface area (Å²) in [5.41, 5.74) is 1.30. The van der Waals surface area contributed by atoms with Crippen LogP contribution in [0.2, 0.25) is 0 Å². The van der Waals surface area contributed by atoms with Gasteiger partial charge in [-0.2, -0.15) is 0 Å². The Bertz CT molecular complexity index is 286. The number of benzene rings is 1. The largest absolute Gasteiger partial charge is 0.496 e. The molecule has 0 fully saturated rings. The van der Waals surface area contributed by atoms with Crippen LogP contribution in [0.15, 0.2) is 24.3 Å². The van der Waals surface area contributed by atoms with Gasteiger partial charge < -0.3 is 10.1 Å². The zero-order chi connectivity index (χ0) is 11.1. The summed E-state index contributed by atoms with van der Waals surface area (Å²) in [5.74, 6) is 1.64. The minimum atomic E-state index is 0.640. The molecule has 15 heavy (non-hydrogen) atoms. The van der Waals surface area contributed by atoms with E-state index in [0.29, 0.717) is 5.92 Å². The van der Waals surface area contributed by atoms with Gasteiger partial charge in [0.1, 0.15) is 5.75 Å². The maximum Gasteiger partial charge on any atom is 0.122 e. The second kappa shape index (κ2) is 6.46. The van der Waals surface area contributed by atoms with Crippen LogP contribution in [0.25, 0.3) is 0 Å². The summed E-state index contributed by atoms with van der Waals surface area (Å²) in [4.78, 5) is 0. The van der Waals surface area contributed by atoms with E-state index >= 15 is 0 Å². The molecular formula is C13H21NO. The van der Waals surface area contributed by atoms with Crippen LogP contribution in [-0.4, -0.2) is 20.2 Å². The molecule has 0 aliphatic rings. The van der Waals surface area contributed by atoms with Gasteiger partial charge in [0.05, 0.1) is 7.11 Å². The Labute approximate surface area is 92.6 Å². The minimum Gasteiger partial charge on any atom is -0.496 e. The summed E-state index contributed by atoms with van der Waals surface area (Å²) in [6.45, 7) is 6.50. The SMILES string of the molecule is CCNCC(C)Cc1ccccc1OC. The van der Waals surface area contributed by atoms with E-state index in [0.717, 1.165) is 25.3 Å². The molecule has 0 radical (unpaired) electrons. The number of para-hydroxylation sites is 1. The molecule has 0 bridgehead atoms. The van der Waals surface area contributed by atoms with Gasteiger partial charge in [0, 0.05) is 0 Å². The molecule has 1 unspecified atom stereocenters. The van der Waals surface area contributed by atoms with Crippen molar-refractivity contribution >= 4 is 0 Å². The minimum absolute atomic E-state index is 0.640. The highest BCUT2D eigenvalue weighted by Crippen LogP contribution is 2.20.